The fourth-order valence-electron chi connectivity index (χ4n) is 2.96. The first-order chi connectivity index (χ1) is 13.5. The van der Waals surface area contributed by atoms with Gasteiger partial charge in [-0.05, 0) is 47.5 Å². The van der Waals surface area contributed by atoms with Gasteiger partial charge in [-0.2, -0.15) is 23.4 Å². The average Bonchev–Trinajstić information content (AvgIpc) is 3.05. The van der Waals surface area contributed by atoms with Crippen LogP contribution in [0.25, 0.3) is 0 Å². The summed E-state index contributed by atoms with van der Waals surface area (Å²) < 4.78 is 41.3. The molecule has 2 heterocycles. The van der Waals surface area contributed by atoms with Gasteiger partial charge in [0.2, 0.25) is 0 Å². The first-order valence-corrected chi connectivity index (χ1v) is 9.55. The summed E-state index contributed by atoms with van der Waals surface area (Å²) in [4.78, 5) is 12.6. The molecule has 1 aromatic carbocycles. The highest BCUT2D eigenvalue weighted by Gasteiger charge is 2.39. The Bertz CT molecular complexity index is 1090. The lowest BCUT2D eigenvalue weighted by Gasteiger charge is -2.07. The van der Waals surface area contributed by atoms with Crippen LogP contribution in [0.4, 0.5) is 18.9 Å². The maximum absolute atomic E-state index is 13.1. The second-order valence-electron chi connectivity index (χ2n) is 6.42. The van der Waals surface area contributed by atoms with Crippen LogP contribution in [0.5, 0.6) is 0 Å². The van der Waals surface area contributed by atoms with Gasteiger partial charge in [-0.1, -0.05) is 23.7 Å². The van der Waals surface area contributed by atoms with Crippen molar-refractivity contribution in [1.29, 1.82) is 0 Å². The number of hydrogen-bond donors (Lipinski definition) is 1. The van der Waals surface area contributed by atoms with Crippen molar-refractivity contribution in [3.63, 3.8) is 0 Å². The van der Waals surface area contributed by atoms with Crippen LogP contribution in [0.1, 0.15) is 33.1 Å². The minimum atomic E-state index is -4.65. The van der Waals surface area contributed by atoms with Crippen LogP contribution in [-0.2, 0) is 19.8 Å². The van der Waals surface area contributed by atoms with Crippen LogP contribution in [-0.4, -0.2) is 25.5 Å². The number of anilines is 1. The minimum Gasteiger partial charge on any atom is -0.317 e. The maximum Gasteiger partial charge on any atom is 0.434 e. The lowest BCUT2D eigenvalue weighted by Crippen LogP contribution is -2.15. The Morgan fingerprint density at radius 2 is 1.97 bits per heavy atom. The van der Waals surface area contributed by atoms with Crippen molar-refractivity contribution in [2.24, 2.45) is 7.05 Å². The maximum atomic E-state index is 13.1. The van der Waals surface area contributed by atoms with Crippen LogP contribution in [0.15, 0.2) is 28.7 Å². The van der Waals surface area contributed by atoms with E-state index >= 15 is 0 Å². The number of halogens is 5. The summed E-state index contributed by atoms with van der Waals surface area (Å²) in [5.74, 6) is -0.767. The zero-order chi connectivity index (χ0) is 21.5. The molecule has 0 aliphatic heterocycles. The van der Waals surface area contributed by atoms with Crippen molar-refractivity contribution in [2.75, 3.05) is 5.32 Å². The van der Waals surface area contributed by atoms with Crippen molar-refractivity contribution in [1.82, 2.24) is 19.6 Å². The third-order valence-electron chi connectivity index (χ3n) is 4.31. The molecule has 3 rings (SSSR count). The van der Waals surface area contributed by atoms with E-state index in [4.69, 9.17) is 11.6 Å². The Balaban J connectivity index is 1.88. The Hall–Kier alpha value is -2.33. The molecule has 29 heavy (non-hydrogen) atoms. The molecule has 6 nitrogen and oxygen atoms in total. The van der Waals surface area contributed by atoms with Crippen LogP contribution >= 0.6 is 27.5 Å². The third-order valence-corrected chi connectivity index (χ3v) is 5.30. The summed E-state index contributed by atoms with van der Waals surface area (Å²) in [6.45, 7) is 3.88. The van der Waals surface area contributed by atoms with Gasteiger partial charge in [0.25, 0.3) is 5.91 Å². The van der Waals surface area contributed by atoms with Gasteiger partial charge in [0.05, 0.1) is 28.1 Å². The number of aryl methyl sites for hydroxylation is 2. The number of hydrogen-bond acceptors (Lipinski definition) is 3. The molecule has 154 valence electrons. The lowest BCUT2D eigenvalue weighted by atomic mass is 10.2. The van der Waals surface area contributed by atoms with E-state index in [1.54, 1.807) is 30.7 Å². The van der Waals surface area contributed by atoms with Gasteiger partial charge in [-0.3, -0.25) is 14.2 Å². The van der Waals surface area contributed by atoms with E-state index in [0.717, 1.165) is 12.6 Å². The fraction of sp³-hybridized carbons (Fsp3) is 0.278. The summed E-state index contributed by atoms with van der Waals surface area (Å²) in [5, 5.41) is 11.3. The Labute approximate surface area is 177 Å². The molecule has 2 aromatic heterocycles. The Kier molecular flexibility index (Phi) is 5.77. The predicted octanol–water partition coefficient (Wildman–Crippen LogP) is 4.97. The number of nitrogens with zero attached hydrogens (tertiary/aromatic N) is 4. The van der Waals surface area contributed by atoms with Gasteiger partial charge in [-0.25, -0.2) is 0 Å². The highest BCUT2D eigenvalue weighted by Crippen LogP contribution is 2.36. The van der Waals surface area contributed by atoms with Crippen LogP contribution in [0.2, 0.25) is 5.02 Å². The second kappa shape index (κ2) is 7.83. The standard InChI is InChI=1S/C18H16BrClF3N5O/c1-9-14(10(2)28(25-9)8-11-5-4-6-12(20)7-11)24-17(29)15-13(19)16(18(21,22)23)27(3)26-15/h4-7H,8H2,1-3H3,(H,24,29). The third kappa shape index (κ3) is 4.32. The zero-order valence-electron chi connectivity index (χ0n) is 15.6. The molecule has 0 atom stereocenters. The number of amides is 1. The zero-order valence-corrected chi connectivity index (χ0v) is 17.9. The van der Waals surface area contributed by atoms with Crippen molar-refractivity contribution in [2.45, 2.75) is 26.6 Å². The smallest absolute Gasteiger partial charge is 0.317 e. The first kappa shape index (κ1) is 21.4. The van der Waals surface area contributed by atoms with Gasteiger partial charge < -0.3 is 5.32 Å². The van der Waals surface area contributed by atoms with Gasteiger partial charge in [0, 0.05) is 12.1 Å². The number of alkyl halides is 3. The van der Waals surface area contributed by atoms with Crippen LogP contribution < -0.4 is 5.32 Å². The molecule has 0 bridgehead atoms. The molecular weight excluding hydrogens is 475 g/mol. The SMILES string of the molecule is Cc1nn(Cc2cccc(Cl)c2)c(C)c1NC(=O)c1nn(C)c(C(F)(F)F)c1Br. The van der Waals surface area contributed by atoms with E-state index in [9.17, 15) is 18.0 Å². The molecule has 0 unspecified atom stereocenters. The summed E-state index contributed by atoms with van der Waals surface area (Å²) in [7, 11) is 1.13. The molecule has 0 spiro atoms. The largest absolute Gasteiger partial charge is 0.434 e. The first-order valence-electron chi connectivity index (χ1n) is 8.38. The van der Waals surface area contributed by atoms with E-state index in [1.807, 2.05) is 12.1 Å². The van der Waals surface area contributed by atoms with Crippen molar-refractivity contribution < 1.29 is 18.0 Å². The summed E-state index contributed by atoms with van der Waals surface area (Å²) in [6.07, 6.45) is -4.65. The average molecular weight is 491 g/mol. The highest BCUT2D eigenvalue weighted by atomic mass is 79.9. The van der Waals surface area contributed by atoms with Gasteiger partial charge >= 0.3 is 6.18 Å². The topological polar surface area (TPSA) is 64.7 Å². The van der Waals surface area contributed by atoms with Crippen molar-refractivity contribution in [3.05, 3.63) is 62.1 Å². The van der Waals surface area contributed by atoms with Crippen LogP contribution in [0.3, 0.4) is 0 Å². The van der Waals surface area contributed by atoms with Gasteiger partial charge in [0.1, 0.15) is 0 Å². The van der Waals surface area contributed by atoms with E-state index in [2.05, 4.69) is 31.4 Å². The number of rotatable bonds is 4. The molecule has 1 N–H and O–H groups in total. The van der Waals surface area contributed by atoms with E-state index in [0.29, 0.717) is 33.3 Å². The minimum absolute atomic E-state index is 0.360. The quantitative estimate of drug-likeness (QED) is 0.562. The number of nitrogens with one attached hydrogen (secondary N) is 1. The Morgan fingerprint density at radius 1 is 1.28 bits per heavy atom. The molecule has 0 radical (unpaired) electrons. The molecule has 0 aliphatic carbocycles. The van der Waals surface area contributed by atoms with Gasteiger partial charge in [-0.15, -0.1) is 0 Å². The summed E-state index contributed by atoms with van der Waals surface area (Å²) in [6, 6.07) is 7.28. The van der Waals surface area contributed by atoms with E-state index in [-0.39, 0.29) is 5.69 Å². The predicted molar refractivity (Wildman–Crippen MR) is 106 cm³/mol. The number of carbonyl (C=O) groups excluding carboxylic acids is 1. The van der Waals surface area contributed by atoms with Crippen molar-refractivity contribution in [3.8, 4) is 0 Å². The number of benzene rings is 1. The molecule has 11 heteroatoms. The van der Waals surface area contributed by atoms with E-state index in [1.165, 1.54) is 0 Å². The van der Waals surface area contributed by atoms with Crippen molar-refractivity contribution >= 4 is 39.1 Å². The fourth-order valence-corrected chi connectivity index (χ4v) is 3.92. The Morgan fingerprint density at radius 3 is 2.55 bits per heavy atom. The van der Waals surface area contributed by atoms with Crippen LogP contribution in [0, 0.1) is 13.8 Å². The highest BCUT2D eigenvalue weighted by molar-refractivity contribution is 9.10. The molecule has 0 saturated heterocycles. The number of carbonyl (C=O) groups is 1. The summed E-state index contributed by atoms with van der Waals surface area (Å²) in [5.41, 5.74) is 1.13. The van der Waals surface area contributed by atoms with Gasteiger partial charge in [0.15, 0.2) is 11.4 Å². The molecule has 3 aromatic rings. The molecule has 0 aliphatic rings. The molecule has 0 fully saturated rings. The molecular formula is C18H16BrClF3N5O. The number of aromatic nitrogens is 4. The molecule has 0 saturated carbocycles. The van der Waals surface area contributed by atoms with E-state index < -0.39 is 22.3 Å². The monoisotopic (exact) mass is 489 g/mol. The lowest BCUT2D eigenvalue weighted by molar-refractivity contribution is -0.144. The second-order valence-corrected chi connectivity index (χ2v) is 7.65. The molecule has 1 amide bonds. The summed E-state index contributed by atoms with van der Waals surface area (Å²) >= 11 is 8.85. The normalized spacial score (nSPS) is 11.7.